The van der Waals surface area contributed by atoms with Gasteiger partial charge in [0.15, 0.2) is 0 Å². The molecule has 1 nitrogen and oxygen atoms in total. The van der Waals surface area contributed by atoms with Crippen LogP contribution in [0.1, 0.15) is 19.4 Å². The van der Waals surface area contributed by atoms with E-state index in [0.717, 1.165) is 11.4 Å². The van der Waals surface area contributed by atoms with Gasteiger partial charge in [-0.15, -0.1) is 0 Å². The van der Waals surface area contributed by atoms with Crippen molar-refractivity contribution in [2.75, 3.05) is 0 Å². The lowest BCUT2D eigenvalue weighted by Crippen LogP contribution is -2.34. The van der Waals surface area contributed by atoms with E-state index in [0.29, 0.717) is 6.04 Å². The molecule has 0 saturated heterocycles. The van der Waals surface area contributed by atoms with Gasteiger partial charge in [0.1, 0.15) is 0 Å². The molecule has 1 rings (SSSR count). The van der Waals surface area contributed by atoms with Crippen LogP contribution in [0.15, 0.2) is 24.3 Å². The molecule has 77 valence electrons. The Bertz CT molecular complexity index is 283. The SMILES string of the molecule is [CH2]C(Cc1cccc(Cl)c1)NC(C)C. The molecule has 0 aliphatic carbocycles. The second-order valence-corrected chi connectivity index (χ2v) is 4.29. The minimum absolute atomic E-state index is 0.244. The smallest absolute Gasteiger partial charge is 0.0408 e. The molecule has 2 heteroatoms. The van der Waals surface area contributed by atoms with Gasteiger partial charge in [-0.05, 0) is 31.0 Å². The fraction of sp³-hybridized carbons (Fsp3) is 0.417. The summed E-state index contributed by atoms with van der Waals surface area (Å²) in [5.41, 5.74) is 1.23. The predicted molar refractivity (Wildman–Crippen MR) is 62.6 cm³/mol. The van der Waals surface area contributed by atoms with Crippen molar-refractivity contribution in [3.05, 3.63) is 41.8 Å². The Morgan fingerprint density at radius 2 is 2.14 bits per heavy atom. The molecular weight excluding hydrogens is 194 g/mol. The molecule has 0 aromatic heterocycles. The molecule has 1 atom stereocenters. The van der Waals surface area contributed by atoms with Gasteiger partial charge in [0, 0.05) is 17.1 Å². The van der Waals surface area contributed by atoms with Crippen LogP contribution in [0.5, 0.6) is 0 Å². The molecule has 1 N–H and O–H groups in total. The Labute approximate surface area is 91.5 Å². The summed E-state index contributed by atoms with van der Waals surface area (Å²) in [5.74, 6) is 0. The molecule has 0 amide bonds. The van der Waals surface area contributed by atoms with E-state index in [1.54, 1.807) is 0 Å². The molecule has 0 fully saturated rings. The average molecular weight is 211 g/mol. The standard InChI is InChI=1S/C12H17ClN/c1-9(2)14-10(3)7-11-5-4-6-12(13)8-11/h4-6,8-10,14H,3,7H2,1-2H3. The summed E-state index contributed by atoms with van der Waals surface area (Å²) in [4.78, 5) is 0. The summed E-state index contributed by atoms with van der Waals surface area (Å²) < 4.78 is 0. The first-order valence-electron chi connectivity index (χ1n) is 4.91. The van der Waals surface area contributed by atoms with Crippen LogP contribution in [-0.2, 0) is 6.42 Å². The first-order valence-corrected chi connectivity index (χ1v) is 5.29. The van der Waals surface area contributed by atoms with E-state index in [9.17, 15) is 0 Å². The molecular formula is C12H17ClN. The van der Waals surface area contributed by atoms with E-state index in [-0.39, 0.29) is 6.04 Å². The lowest BCUT2D eigenvalue weighted by Gasteiger charge is -2.16. The number of benzene rings is 1. The second kappa shape index (κ2) is 5.38. The third kappa shape index (κ3) is 4.12. The van der Waals surface area contributed by atoms with Crippen molar-refractivity contribution in [3.63, 3.8) is 0 Å². The molecule has 1 radical (unpaired) electrons. The predicted octanol–water partition coefficient (Wildman–Crippen LogP) is 3.08. The van der Waals surface area contributed by atoms with Crippen molar-refractivity contribution in [2.45, 2.75) is 32.4 Å². The summed E-state index contributed by atoms with van der Waals surface area (Å²) in [6.07, 6.45) is 0.915. The zero-order chi connectivity index (χ0) is 10.6. The van der Waals surface area contributed by atoms with Gasteiger partial charge < -0.3 is 5.32 Å². The highest BCUT2D eigenvalue weighted by molar-refractivity contribution is 6.30. The maximum atomic E-state index is 5.89. The van der Waals surface area contributed by atoms with Crippen LogP contribution in [0, 0.1) is 6.92 Å². The van der Waals surface area contributed by atoms with E-state index in [1.807, 2.05) is 18.2 Å². The lowest BCUT2D eigenvalue weighted by molar-refractivity contribution is 0.518. The topological polar surface area (TPSA) is 12.0 Å². The molecule has 14 heavy (non-hydrogen) atoms. The average Bonchev–Trinajstić information content (AvgIpc) is 2.01. The number of hydrogen-bond donors (Lipinski definition) is 1. The van der Waals surface area contributed by atoms with Crippen LogP contribution in [-0.4, -0.2) is 12.1 Å². The molecule has 1 aromatic rings. The maximum Gasteiger partial charge on any atom is 0.0408 e. The minimum atomic E-state index is 0.244. The zero-order valence-electron chi connectivity index (χ0n) is 8.76. The lowest BCUT2D eigenvalue weighted by atomic mass is 10.1. The van der Waals surface area contributed by atoms with Gasteiger partial charge in [-0.3, -0.25) is 0 Å². The van der Waals surface area contributed by atoms with Gasteiger partial charge in [-0.2, -0.15) is 0 Å². The fourth-order valence-electron chi connectivity index (χ4n) is 1.48. The van der Waals surface area contributed by atoms with Crippen molar-refractivity contribution in [3.8, 4) is 0 Å². The van der Waals surface area contributed by atoms with Crippen LogP contribution >= 0.6 is 11.6 Å². The maximum absolute atomic E-state index is 5.89. The number of rotatable bonds is 4. The molecule has 1 aromatic carbocycles. The van der Waals surface area contributed by atoms with Gasteiger partial charge in [-0.25, -0.2) is 0 Å². The van der Waals surface area contributed by atoms with Crippen LogP contribution in [0.3, 0.4) is 0 Å². The van der Waals surface area contributed by atoms with Crippen LogP contribution in [0.2, 0.25) is 5.02 Å². The molecule has 1 unspecified atom stereocenters. The van der Waals surface area contributed by atoms with Crippen LogP contribution in [0.25, 0.3) is 0 Å². The molecule has 0 aliphatic rings. The van der Waals surface area contributed by atoms with Crippen molar-refractivity contribution < 1.29 is 0 Å². The first-order chi connectivity index (χ1) is 6.58. The Hall–Kier alpha value is -0.530. The van der Waals surface area contributed by atoms with E-state index < -0.39 is 0 Å². The third-order valence-electron chi connectivity index (χ3n) is 1.94. The quantitative estimate of drug-likeness (QED) is 0.806. The second-order valence-electron chi connectivity index (χ2n) is 3.85. The van der Waals surface area contributed by atoms with Crippen LogP contribution < -0.4 is 5.32 Å². The zero-order valence-corrected chi connectivity index (χ0v) is 9.51. The van der Waals surface area contributed by atoms with E-state index >= 15 is 0 Å². The van der Waals surface area contributed by atoms with Gasteiger partial charge >= 0.3 is 0 Å². The molecule has 0 bridgehead atoms. The summed E-state index contributed by atoms with van der Waals surface area (Å²) in [5, 5.41) is 4.15. The summed E-state index contributed by atoms with van der Waals surface area (Å²) >= 11 is 5.89. The first kappa shape index (κ1) is 11.5. The highest BCUT2D eigenvalue weighted by Gasteiger charge is 2.04. The minimum Gasteiger partial charge on any atom is -0.311 e. The highest BCUT2D eigenvalue weighted by Crippen LogP contribution is 2.12. The molecule has 0 saturated carbocycles. The molecule has 0 aliphatic heterocycles. The third-order valence-corrected chi connectivity index (χ3v) is 2.18. The van der Waals surface area contributed by atoms with E-state index in [4.69, 9.17) is 11.6 Å². The van der Waals surface area contributed by atoms with Gasteiger partial charge in [0.2, 0.25) is 0 Å². The molecule has 0 heterocycles. The monoisotopic (exact) mass is 210 g/mol. The largest absolute Gasteiger partial charge is 0.311 e. The van der Waals surface area contributed by atoms with Crippen molar-refractivity contribution in [1.82, 2.24) is 5.32 Å². The van der Waals surface area contributed by atoms with Crippen molar-refractivity contribution in [1.29, 1.82) is 0 Å². The number of halogens is 1. The van der Waals surface area contributed by atoms with Gasteiger partial charge in [0.05, 0.1) is 0 Å². The fourth-order valence-corrected chi connectivity index (χ4v) is 1.69. The Morgan fingerprint density at radius 3 is 2.71 bits per heavy atom. The van der Waals surface area contributed by atoms with Crippen molar-refractivity contribution >= 4 is 11.6 Å². The van der Waals surface area contributed by atoms with Gasteiger partial charge in [0.25, 0.3) is 0 Å². The highest BCUT2D eigenvalue weighted by atomic mass is 35.5. The van der Waals surface area contributed by atoms with E-state index in [1.165, 1.54) is 5.56 Å². The summed E-state index contributed by atoms with van der Waals surface area (Å²) in [7, 11) is 0. The Balaban J connectivity index is 2.51. The summed E-state index contributed by atoms with van der Waals surface area (Å²) in [6.45, 7) is 8.29. The van der Waals surface area contributed by atoms with Gasteiger partial charge in [-0.1, -0.05) is 37.6 Å². The van der Waals surface area contributed by atoms with Crippen molar-refractivity contribution in [2.24, 2.45) is 0 Å². The number of hydrogen-bond acceptors (Lipinski definition) is 1. The number of nitrogens with one attached hydrogen (secondary N) is 1. The Kier molecular flexibility index (Phi) is 4.43. The normalized spacial score (nSPS) is 13.2. The van der Waals surface area contributed by atoms with E-state index in [2.05, 4.69) is 32.2 Å². The van der Waals surface area contributed by atoms with Crippen LogP contribution in [0.4, 0.5) is 0 Å². The summed E-state index contributed by atoms with van der Waals surface area (Å²) in [6, 6.07) is 8.64. The Morgan fingerprint density at radius 1 is 1.43 bits per heavy atom. The molecule has 0 spiro atoms.